The largest absolute Gasteiger partial charge is 0.345 e. The van der Waals surface area contributed by atoms with E-state index >= 15 is 0 Å². The van der Waals surface area contributed by atoms with Crippen molar-refractivity contribution in [3.8, 4) is 11.3 Å². The zero-order valence-corrected chi connectivity index (χ0v) is 17.0. The van der Waals surface area contributed by atoms with Crippen LogP contribution in [0.1, 0.15) is 0 Å². The third kappa shape index (κ3) is 4.40. The van der Waals surface area contributed by atoms with E-state index in [4.69, 9.17) is 28.8 Å². The van der Waals surface area contributed by atoms with Gasteiger partial charge < -0.3 is 15.1 Å². The molecule has 2 aromatic carbocycles. The summed E-state index contributed by atoms with van der Waals surface area (Å²) in [4.78, 5) is 9.35. The van der Waals surface area contributed by atoms with Crippen molar-refractivity contribution in [2.75, 3.05) is 36.4 Å². The van der Waals surface area contributed by atoms with Crippen LogP contribution >= 0.6 is 35.2 Å². The summed E-state index contributed by atoms with van der Waals surface area (Å²) < 4.78 is 0. The SMILES string of the molecule is S=C(Nc1ccccc1)N1CCN(c2nc(-c3ccc(Cl)cc3)cs2)CC1. The van der Waals surface area contributed by atoms with Crippen molar-refractivity contribution >= 4 is 51.1 Å². The lowest BCUT2D eigenvalue weighted by Crippen LogP contribution is -2.50. The lowest BCUT2D eigenvalue weighted by molar-refractivity contribution is 0.390. The highest BCUT2D eigenvalue weighted by Gasteiger charge is 2.21. The number of halogens is 1. The third-order valence-electron chi connectivity index (χ3n) is 4.49. The van der Waals surface area contributed by atoms with E-state index < -0.39 is 0 Å². The monoisotopic (exact) mass is 414 g/mol. The van der Waals surface area contributed by atoms with E-state index in [9.17, 15) is 0 Å². The predicted molar refractivity (Wildman–Crippen MR) is 119 cm³/mol. The van der Waals surface area contributed by atoms with Crippen molar-refractivity contribution in [2.24, 2.45) is 0 Å². The zero-order chi connectivity index (χ0) is 18.6. The summed E-state index contributed by atoms with van der Waals surface area (Å²) >= 11 is 13.2. The number of hydrogen-bond donors (Lipinski definition) is 1. The molecule has 0 spiro atoms. The van der Waals surface area contributed by atoms with Gasteiger partial charge in [-0.3, -0.25) is 0 Å². The first-order valence-corrected chi connectivity index (χ1v) is 10.4. The summed E-state index contributed by atoms with van der Waals surface area (Å²) in [5, 5.41) is 7.99. The summed E-state index contributed by atoms with van der Waals surface area (Å²) in [6.07, 6.45) is 0. The highest BCUT2D eigenvalue weighted by Crippen LogP contribution is 2.28. The number of nitrogens with zero attached hydrogens (tertiary/aromatic N) is 3. The molecule has 1 saturated heterocycles. The first-order valence-electron chi connectivity index (χ1n) is 8.76. The van der Waals surface area contributed by atoms with Crippen LogP contribution in [0.4, 0.5) is 10.8 Å². The minimum absolute atomic E-state index is 0.741. The standard InChI is InChI=1S/C20H19ClN4S2/c21-16-8-6-15(7-9-16)18-14-27-20(23-18)25-12-10-24(11-13-25)19(26)22-17-4-2-1-3-5-17/h1-9,14H,10-13H2,(H,22,26). The first-order chi connectivity index (χ1) is 13.2. The lowest BCUT2D eigenvalue weighted by atomic mass is 10.2. The number of thiazole rings is 1. The van der Waals surface area contributed by atoms with Gasteiger partial charge in [0.05, 0.1) is 5.69 Å². The summed E-state index contributed by atoms with van der Waals surface area (Å²) in [5.41, 5.74) is 3.11. The average molecular weight is 415 g/mol. The average Bonchev–Trinajstić information content (AvgIpc) is 3.20. The van der Waals surface area contributed by atoms with Crippen molar-refractivity contribution < 1.29 is 0 Å². The molecule has 1 aliphatic rings. The van der Waals surface area contributed by atoms with Crippen LogP contribution in [-0.4, -0.2) is 41.2 Å². The fourth-order valence-electron chi connectivity index (χ4n) is 2.99. The topological polar surface area (TPSA) is 31.4 Å². The van der Waals surface area contributed by atoms with E-state index in [0.29, 0.717) is 0 Å². The second-order valence-corrected chi connectivity index (χ2v) is 7.95. The maximum absolute atomic E-state index is 5.97. The van der Waals surface area contributed by atoms with E-state index in [1.807, 2.05) is 54.6 Å². The molecule has 3 aromatic rings. The van der Waals surface area contributed by atoms with E-state index in [1.165, 1.54) is 0 Å². The predicted octanol–water partition coefficient (Wildman–Crippen LogP) is 4.98. The summed E-state index contributed by atoms with van der Waals surface area (Å²) in [7, 11) is 0. The van der Waals surface area contributed by atoms with Gasteiger partial charge in [-0.1, -0.05) is 41.9 Å². The highest BCUT2D eigenvalue weighted by molar-refractivity contribution is 7.80. The Hall–Kier alpha value is -2.15. The molecule has 0 unspecified atom stereocenters. The quantitative estimate of drug-likeness (QED) is 0.610. The Morgan fingerprint density at radius 2 is 1.70 bits per heavy atom. The van der Waals surface area contributed by atoms with Crippen LogP contribution in [0.2, 0.25) is 5.02 Å². The summed E-state index contributed by atoms with van der Waals surface area (Å²) in [6.45, 7) is 3.58. The molecule has 1 fully saturated rings. The second kappa shape index (κ2) is 8.25. The lowest BCUT2D eigenvalue weighted by Gasteiger charge is -2.36. The van der Waals surface area contributed by atoms with E-state index in [0.717, 1.165) is 58.4 Å². The molecule has 0 aliphatic carbocycles. The highest BCUT2D eigenvalue weighted by atomic mass is 35.5. The number of thiocarbonyl (C=S) groups is 1. The van der Waals surface area contributed by atoms with Gasteiger partial charge in [0.25, 0.3) is 0 Å². The van der Waals surface area contributed by atoms with Crippen molar-refractivity contribution in [1.82, 2.24) is 9.88 Å². The van der Waals surface area contributed by atoms with Gasteiger partial charge in [-0.25, -0.2) is 4.98 Å². The fourth-order valence-corrected chi connectivity index (χ4v) is 4.30. The van der Waals surface area contributed by atoms with Gasteiger partial charge in [0.1, 0.15) is 0 Å². The van der Waals surface area contributed by atoms with Crippen molar-refractivity contribution in [2.45, 2.75) is 0 Å². The van der Waals surface area contributed by atoms with Gasteiger partial charge in [0, 0.05) is 47.8 Å². The van der Waals surface area contributed by atoms with Gasteiger partial charge in [-0.15, -0.1) is 11.3 Å². The van der Waals surface area contributed by atoms with Crippen molar-refractivity contribution in [1.29, 1.82) is 0 Å². The third-order valence-corrected chi connectivity index (χ3v) is 6.01. The van der Waals surface area contributed by atoms with Crippen LogP contribution < -0.4 is 10.2 Å². The van der Waals surface area contributed by atoms with E-state index in [-0.39, 0.29) is 0 Å². The molecular formula is C20H19ClN4S2. The maximum Gasteiger partial charge on any atom is 0.185 e. The van der Waals surface area contributed by atoms with Crippen LogP contribution in [0.5, 0.6) is 0 Å². The van der Waals surface area contributed by atoms with Crippen LogP contribution in [0.25, 0.3) is 11.3 Å². The summed E-state index contributed by atoms with van der Waals surface area (Å²) in [6, 6.07) is 17.9. The Kier molecular flexibility index (Phi) is 5.57. The van der Waals surface area contributed by atoms with Gasteiger partial charge >= 0.3 is 0 Å². The van der Waals surface area contributed by atoms with Gasteiger partial charge in [0.15, 0.2) is 10.2 Å². The number of piperazine rings is 1. The molecule has 0 amide bonds. The van der Waals surface area contributed by atoms with Gasteiger partial charge in [0.2, 0.25) is 0 Å². The molecule has 0 atom stereocenters. The molecule has 4 nitrogen and oxygen atoms in total. The number of para-hydroxylation sites is 1. The Labute approximate surface area is 173 Å². The van der Waals surface area contributed by atoms with Crippen LogP contribution in [-0.2, 0) is 0 Å². The second-order valence-electron chi connectivity index (χ2n) is 6.29. The minimum Gasteiger partial charge on any atom is -0.345 e. The Morgan fingerprint density at radius 3 is 2.41 bits per heavy atom. The Morgan fingerprint density at radius 1 is 1.00 bits per heavy atom. The van der Waals surface area contributed by atoms with Gasteiger partial charge in [-0.05, 0) is 36.5 Å². The fraction of sp³-hybridized carbons (Fsp3) is 0.200. The summed E-state index contributed by atoms with van der Waals surface area (Å²) in [5.74, 6) is 0. The number of anilines is 2. The number of benzene rings is 2. The van der Waals surface area contributed by atoms with Crippen LogP contribution in [0.15, 0.2) is 60.0 Å². The molecule has 7 heteroatoms. The molecule has 1 N–H and O–H groups in total. The minimum atomic E-state index is 0.741. The van der Waals surface area contributed by atoms with E-state index in [2.05, 4.69) is 20.5 Å². The molecule has 2 heterocycles. The Balaban J connectivity index is 1.35. The smallest absolute Gasteiger partial charge is 0.185 e. The van der Waals surface area contributed by atoms with Gasteiger partial charge in [-0.2, -0.15) is 0 Å². The van der Waals surface area contributed by atoms with Crippen molar-refractivity contribution in [3.05, 3.63) is 65.0 Å². The van der Waals surface area contributed by atoms with Crippen LogP contribution in [0.3, 0.4) is 0 Å². The zero-order valence-electron chi connectivity index (χ0n) is 14.6. The molecule has 27 heavy (non-hydrogen) atoms. The Bertz CT molecular complexity index is 903. The molecule has 1 aliphatic heterocycles. The molecule has 4 rings (SSSR count). The first kappa shape index (κ1) is 18.2. The molecule has 0 saturated carbocycles. The number of aromatic nitrogens is 1. The molecule has 0 bridgehead atoms. The van der Waals surface area contributed by atoms with Crippen molar-refractivity contribution in [3.63, 3.8) is 0 Å². The normalized spacial score (nSPS) is 14.3. The van der Waals surface area contributed by atoms with Crippen LogP contribution in [0, 0.1) is 0 Å². The number of rotatable bonds is 3. The molecular weight excluding hydrogens is 396 g/mol. The van der Waals surface area contributed by atoms with E-state index in [1.54, 1.807) is 11.3 Å². The number of hydrogen-bond acceptors (Lipinski definition) is 4. The molecule has 138 valence electrons. The molecule has 0 radical (unpaired) electrons. The maximum atomic E-state index is 5.97. The number of nitrogens with one attached hydrogen (secondary N) is 1. The molecule has 1 aromatic heterocycles.